The Kier molecular flexibility index (Phi) is 4.47. The highest BCUT2D eigenvalue weighted by molar-refractivity contribution is 5.14. The summed E-state index contributed by atoms with van der Waals surface area (Å²) >= 11 is 0. The van der Waals surface area contributed by atoms with Gasteiger partial charge >= 0.3 is 0 Å². The van der Waals surface area contributed by atoms with Crippen LogP contribution in [0.25, 0.3) is 0 Å². The molecular weight excluding hydrogens is 280 g/mol. The number of allylic oxidation sites excluding steroid dienone is 3. The molecule has 4 aliphatic rings. The fourth-order valence-electron chi connectivity index (χ4n) is 5.83. The Labute approximate surface area is 141 Å². The van der Waals surface area contributed by atoms with Gasteiger partial charge in [0, 0.05) is 17.7 Å². The molecular formula is C21H30N2. The molecule has 0 amide bonds. The topological polar surface area (TPSA) is 35.8 Å². The summed E-state index contributed by atoms with van der Waals surface area (Å²) in [6, 6.07) is 3.11. The van der Waals surface area contributed by atoms with E-state index in [4.69, 9.17) is 0 Å². The van der Waals surface area contributed by atoms with E-state index in [1.165, 1.54) is 63.5 Å². The molecule has 2 nitrogen and oxygen atoms in total. The van der Waals surface area contributed by atoms with Crippen molar-refractivity contribution in [3.63, 3.8) is 0 Å². The zero-order valence-electron chi connectivity index (χ0n) is 14.2. The molecule has 0 aromatic heterocycles. The van der Waals surface area contributed by atoms with E-state index >= 15 is 0 Å². The van der Waals surface area contributed by atoms with Crippen molar-refractivity contribution in [2.45, 2.75) is 70.3 Å². The van der Waals surface area contributed by atoms with Gasteiger partial charge in [0.25, 0.3) is 0 Å². The van der Waals surface area contributed by atoms with Crippen molar-refractivity contribution in [2.75, 3.05) is 0 Å². The minimum absolute atomic E-state index is 0.349. The lowest BCUT2D eigenvalue weighted by Gasteiger charge is -2.48. The van der Waals surface area contributed by atoms with Gasteiger partial charge in [0.1, 0.15) is 0 Å². The van der Waals surface area contributed by atoms with Crippen molar-refractivity contribution in [1.29, 1.82) is 5.26 Å². The van der Waals surface area contributed by atoms with Gasteiger partial charge in [-0.2, -0.15) is 5.26 Å². The smallest absolute Gasteiger partial charge is 0.0655 e. The van der Waals surface area contributed by atoms with Crippen LogP contribution in [0.15, 0.2) is 23.9 Å². The molecule has 1 N–H and O–H groups in total. The second-order valence-corrected chi connectivity index (χ2v) is 8.31. The third-order valence-corrected chi connectivity index (χ3v) is 6.98. The van der Waals surface area contributed by atoms with Crippen molar-refractivity contribution >= 4 is 0 Å². The highest BCUT2D eigenvalue weighted by atomic mass is 14.9. The summed E-state index contributed by atoms with van der Waals surface area (Å²) in [6.45, 7) is 0. The number of hydrogen-bond donors (Lipinski definition) is 1. The number of nitrogens with zero attached hydrogens (tertiary/aromatic N) is 1. The van der Waals surface area contributed by atoms with Gasteiger partial charge in [-0.3, -0.25) is 0 Å². The number of rotatable bonds is 2. The number of nitrogens with one attached hydrogen (secondary N) is 1. The number of fused-ring (bicyclic) bond motifs is 3. The Bertz CT molecular complexity index is 526. The molecule has 2 saturated carbocycles. The Hall–Kier alpha value is -1.23. The maximum atomic E-state index is 9.23. The van der Waals surface area contributed by atoms with E-state index in [9.17, 15) is 5.26 Å². The average Bonchev–Trinajstić information content (AvgIpc) is 2.61. The van der Waals surface area contributed by atoms with Crippen LogP contribution >= 0.6 is 0 Å². The molecule has 6 atom stereocenters. The van der Waals surface area contributed by atoms with Crippen LogP contribution in [0.3, 0.4) is 0 Å². The third kappa shape index (κ3) is 3.21. The monoisotopic (exact) mass is 310 g/mol. The van der Waals surface area contributed by atoms with Crippen LogP contribution in [0.2, 0.25) is 0 Å². The van der Waals surface area contributed by atoms with Crippen LogP contribution in [-0.2, 0) is 0 Å². The lowest BCUT2D eigenvalue weighted by molar-refractivity contribution is 0.0506. The highest BCUT2D eigenvalue weighted by Crippen LogP contribution is 2.51. The summed E-state index contributed by atoms with van der Waals surface area (Å²) in [5.74, 6) is 3.81. The predicted octanol–water partition coefficient (Wildman–Crippen LogP) is 4.94. The molecule has 0 aromatic rings. The van der Waals surface area contributed by atoms with Crippen LogP contribution in [0.1, 0.15) is 64.2 Å². The molecule has 2 heteroatoms. The fraction of sp³-hybridized carbons (Fsp3) is 0.762. The quantitative estimate of drug-likeness (QED) is 0.733. The Balaban J connectivity index is 1.41. The summed E-state index contributed by atoms with van der Waals surface area (Å²) < 4.78 is 0. The maximum absolute atomic E-state index is 9.23. The molecule has 0 radical (unpaired) electrons. The second kappa shape index (κ2) is 6.71. The zero-order chi connectivity index (χ0) is 15.6. The van der Waals surface area contributed by atoms with Crippen LogP contribution < -0.4 is 5.32 Å². The number of nitriles is 1. The molecule has 4 rings (SSSR count). The van der Waals surface area contributed by atoms with E-state index in [2.05, 4.69) is 29.6 Å². The normalized spacial score (nSPS) is 42.8. The van der Waals surface area contributed by atoms with Crippen LogP contribution in [0.4, 0.5) is 0 Å². The molecule has 23 heavy (non-hydrogen) atoms. The summed E-state index contributed by atoms with van der Waals surface area (Å²) in [6.07, 6.45) is 20.2. The molecule has 0 bridgehead atoms. The van der Waals surface area contributed by atoms with Gasteiger partial charge < -0.3 is 5.32 Å². The van der Waals surface area contributed by atoms with E-state index < -0.39 is 0 Å². The molecule has 0 aromatic carbocycles. The van der Waals surface area contributed by atoms with Crippen molar-refractivity contribution in [3.05, 3.63) is 23.9 Å². The van der Waals surface area contributed by atoms with Crippen molar-refractivity contribution in [3.8, 4) is 6.07 Å². The van der Waals surface area contributed by atoms with Crippen LogP contribution in [-0.4, -0.2) is 6.04 Å². The Morgan fingerprint density at radius 3 is 2.83 bits per heavy atom. The van der Waals surface area contributed by atoms with Gasteiger partial charge in [-0.05, 0) is 87.9 Å². The molecule has 2 fully saturated rings. The maximum Gasteiger partial charge on any atom is 0.0655 e. The van der Waals surface area contributed by atoms with Gasteiger partial charge in [-0.25, -0.2) is 0 Å². The molecule has 0 spiro atoms. The zero-order valence-corrected chi connectivity index (χ0v) is 14.2. The first-order chi connectivity index (χ1) is 11.3. The van der Waals surface area contributed by atoms with E-state index in [1.54, 1.807) is 0 Å². The highest BCUT2D eigenvalue weighted by Gasteiger charge is 2.42. The standard InChI is InChI=1S/C21H30N2/c22-14-15-6-10-20-16(12-15)7-8-17-13-19(9-11-21(17)20)23-18-4-2-1-3-5-18/h2,4,13,15-18,20-21,23H,1,3,5-12H2. The summed E-state index contributed by atoms with van der Waals surface area (Å²) in [5.41, 5.74) is 1.52. The van der Waals surface area contributed by atoms with Crippen LogP contribution in [0.5, 0.6) is 0 Å². The van der Waals surface area contributed by atoms with E-state index in [0.717, 1.165) is 30.1 Å². The molecule has 0 saturated heterocycles. The number of hydrogen-bond acceptors (Lipinski definition) is 2. The molecule has 0 aliphatic heterocycles. The first-order valence-corrected chi connectivity index (χ1v) is 9.87. The Morgan fingerprint density at radius 1 is 1.04 bits per heavy atom. The van der Waals surface area contributed by atoms with E-state index in [-0.39, 0.29) is 0 Å². The average molecular weight is 310 g/mol. The summed E-state index contributed by atoms with van der Waals surface area (Å²) in [4.78, 5) is 0. The third-order valence-electron chi connectivity index (χ3n) is 6.98. The minimum Gasteiger partial charge on any atom is -0.382 e. The first kappa shape index (κ1) is 15.3. The van der Waals surface area contributed by atoms with Crippen molar-refractivity contribution in [1.82, 2.24) is 5.32 Å². The summed E-state index contributed by atoms with van der Waals surface area (Å²) in [5, 5.41) is 13.0. The second-order valence-electron chi connectivity index (χ2n) is 8.31. The SMILES string of the molecule is N#CC1CCC2C(CCC3C=C(NC4C=CCCC4)CCC32)C1. The van der Waals surface area contributed by atoms with E-state index in [1.807, 2.05) is 0 Å². The molecule has 6 unspecified atom stereocenters. The largest absolute Gasteiger partial charge is 0.382 e. The molecule has 0 heterocycles. The van der Waals surface area contributed by atoms with Crippen molar-refractivity contribution < 1.29 is 0 Å². The fourth-order valence-corrected chi connectivity index (χ4v) is 5.83. The lowest BCUT2D eigenvalue weighted by Crippen LogP contribution is -2.40. The van der Waals surface area contributed by atoms with Gasteiger partial charge in [-0.15, -0.1) is 0 Å². The lowest BCUT2D eigenvalue weighted by atomic mass is 9.57. The Morgan fingerprint density at radius 2 is 2.00 bits per heavy atom. The van der Waals surface area contributed by atoms with Crippen molar-refractivity contribution in [2.24, 2.45) is 29.6 Å². The van der Waals surface area contributed by atoms with E-state index in [0.29, 0.717) is 12.0 Å². The molecule has 124 valence electrons. The molecule has 4 aliphatic carbocycles. The van der Waals surface area contributed by atoms with Gasteiger partial charge in [0.05, 0.1) is 6.07 Å². The van der Waals surface area contributed by atoms with Gasteiger partial charge in [-0.1, -0.05) is 18.2 Å². The van der Waals surface area contributed by atoms with Gasteiger partial charge in [0.2, 0.25) is 0 Å². The first-order valence-electron chi connectivity index (χ1n) is 9.87. The summed E-state index contributed by atoms with van der Waals surface area (Å²) in [7, 11) is 0. The van der Waals surface area contributed by atoms with Gasteiger partial charge in [0.15, 0.2) is 0 Å². The minimum atomic E-state index is 0.349. The predicted molar refractivity (Wildman–Crippen MR) is 93.4 cm³/mol. The van der Waals surface area contributed by atoms with Crippen LogP contribution in [0, 0.1) is 40.9 Å².